The highest BCUT2D eigenvalue weighted by atomic mass is 15.0. The zero-order valence-electron chi connectivity index (χ0n) is 47.9. The van der Waals surface area contributed by atoms with Gasteiger partial charge in [0, 0.05) is 28.4 Å². The second-order valence-corrected chi connectivity index (χ2v) is 21.7. The van der Waals surface area contributed by atoms with Gasteiger partial charge in [0.25, 0.3) is 0 Å². The molecule has 2 nitrogen and oxygen atoms in total. The Morgan fingerprint density at radius 2 is 1.02 bits per heavy atom. The van der Waals surface area contributed by atoms with Crippen molar-refractivity contribution in [1.29, 1.82) is 0 Å². The smallest absolute Gasteiger partial charge is 0.0720 e. The summed E-state index contributed by atoms with van der Waals surface area (Å²) in [5, 5.41) is 6.16. The molecule has 0 saturated carbocycles. The van der Waals surface area contributed by atoms with E-state index >= 15 is 0 Å². The molecule has 2 aliphatic carbocycles. The first kappa shape index (κ1) is 53.6. The number of para-hydroxylation sites is 2. The van der Waals surface area contributed by atoms with Crippen LogP contribution in [-0.2, 0) is 17.3 Å². The van der Waals surface area contributed by atoms with E-state index in [1.807, 2.05) is 0 Å². The molecular formula is C83H64N2. The second kappa shape index (κ2) is 23.6. The van der Waals surface area contributed by atoms with Crippen LogP contribution in [0.3, 0.4) is 0 Å². The van der Waals surface area contributed by atoms with Crippen LogP contribution in [0.1, 0.15) is 75.0 Å². The SMILES string of the molecule is C#CC.C/C=C(\C=C/Cc1ccc2c(c1)c1ccccc1n2-c1ccccc1)N/C=C/C=C(\C=C/c1ccc(-c2ccccc2)cc1)c1cccc2c1-c1ccccc1C21c2ccccc2C(c2ccccc2)(c2ccccc2)c2ccccc21. The van der Waals surface area contributed by atoms with Crippen LogP contribution in [0.4, 0.5) is 0 Å². The zero-order chi connectivity index (χ0) is 57.6. The number of nitrogens with zero attached hydrogens (tertiary/aromatic N) is 1. The maximum atomic E-state index is 4.60. The van der Waals surface area contributed by atoms with Crippen molar-refractivity contribution in [1.82, 2.24) is 9.88 Å². The first-order valence-corrected chi connectivity index (χ1v) is 29.4. The topological polar surface area (TPSA) is 17.0 Å². The molecule has 1 aromatic heterocycles. The van der Waals surface area contributed by atoms with Crippen molar-refractivity contribution in [2.24, 2.45) is 0 Å². The van der Waals surface area contributed by atoms with Crippen molar-refractivity contribution < 1.29 is 0 Å². The van der Waals surface area contributed by atoms with Gasteiger partial charge < -0.3 is 9.88 Å². The third-order valence-electron chi connectivity index (χ3n) is 17.1. The molecule has 0 amide bonds. The highest BCUT2D eigenvalue weighted by Crippen LogP contribution is 2.65. The summed E-state index contributed by atoms with van der Waals surface area (Å²) in [6.07, 6.45) is 23.0. The minimum Gasteiger partial charge on any atom is -0.362 e. The maximum Gasteiger partial charge on any atom is 0.0720 e. The Bertz CT molecular complexity index is 4490. The molecule has 0 bridgehead atoms. The Balaban J connectivity index is 0.00000220. The van der Waals surface area contributed by atoms with Gasteiger partial charge in [0.05, 0.1) is 21.9 Å². The summed E-state index contributed by atoms with van der Waals surface area (Å²) >= 11 is 0. The van der Waals surface area contributed by atoms with Crippen LogP contribution in [-0.4, -0.2) is 4.57 Å². The molecule has 14 rings (SSSR count). The van der Waals surface area contributed by atoms with Gasteiger partial charge in [0.15, 0.2) is 0 Å². The van der Waals surface area contributed by atoms with Crippen LogP contribution < -0.4 is 5.32 Å². The lowest BCUT2D eigenvalue weighted by Crippen LogP contribution is -2.44. The molecule has 0 atom stereocenters. The van der Waals surface area contributed by atoms with Crippen molar-refractivity contribution >= 4 is 33.5 Å². The first-order chi connectivity index (χ1) is 42.1. The normalized spacial score (nSPS) is 13.8. The van der Waals surface area contributed by atoms with E-state index in [9.17, 15) is 0 Å². The Labute approximate surface area is 500 Å². The predicted octanol–water partition coefficient (Wildman–Crippen LogP) is 20.1. The molecule has 0 unspecified atom stereocenters. The standard InChI is InChI=1S/C80H60N2.C3H4/c1-2-64(34-23-26-58-50-54-77-69(56-58)67-37-16-22-46-76(67)82(77)65-35-13-6-14-36-65)81-55-25-29-61(53-49-57-47-51-60(52-48-57)59-27-7-3-8-28-59)66-39-24-45-75-78(66)68-38-15-17-40-70(68)80(75)73-43-20-18-41-71(73)79(62-30-9-4-10-31-62,63-32-11-5-12-33-63)72-42-19-21-44-74(72)80;1-3-2/h2-25,27-56,81H,26H2,1H3;1H,2H3/b34-23-,53-49-,55-25+,61-29+,64-2+;. The molecule has 1 spiro atoms. The number of fused-ring (bicyclic) bond motifs is 12. The van der Waals surface area contributed by atoms with Gasteiger partial charge in [-0.3, -0.25) is 0 Å². The lowest BCUT2D eigenvalue weighted by atomic mass is 9.51. The van der Waals surface area contributed by atoms with E-state index < -0.39 is 10.8 Å². The van der Waals surface area contributed by atoms with Crippen LogP contribution in [0.15, 0.2) is 327 Å². The van der Waals surface area contributed by atoms with Crippen molar-refractivity contribution in [3.8, 4) is 40.3 Å². The van der Waals surface area contributed by atoms with Gasteiger partial charge in [0.2, 0.25) is 0 Å². The first-order valence-electron chi connectivity index (χ1n) is 29.4. The van der Waals surface area contributed by atoms with E-state index in [0.717, 1.165) is 23.3 Å². The van der Waals surface area contributed by atoms with Crippen LogP contribution in [0.25, 0.3) is 61.4 Å². The van der Waals surface area contributed by atoms with Crippen LogP contribution >= 0.6 is 0 Å². The quantitative estimate of drug-likeness (QED) is 0.0899. The monoisotopic (exact) mass is 1090 g/mol. The molecule has 0 aliphatic heterocycles. The Kier molecular flexibility index (Phi) is 14.9. The number of benzene rings is 11. The van der Waals surface area contributed by atoms with Crippen LogP contribution in [0.5, 0.6) is 0 Å². The van der Waals surface area contributed by atoms with E-state index in [4.69, 9.17) is 0 Å². The van der Waals surface area contributed by atoms with Crippen molar-refractivity contribution in [3.63, 3.8) is 0 Å². The number of aromatic nitrogens is 1. The molecular weight excluding hydrogens is 1020 g/mol. The summed E-state index contributed by atoms with van der Waals surface area (Å²) in [6.45, 7) is 3.74. The van der Waals surface area contributed by atoms with E-state index in [-0.39, 0.29) is 0 Å². The molecule has 0 saturated heterocycles. The Hall–Kier alpha value is -10.7. The fourth-order valence-corrected chi connectivity index (χ4v) is 13.6. The van der Waals surface area contributed by atoms with Crippen LogP contribution in [0, 0.1) is 12.3 Å². The third-order valence-corrected chi connectivity index (χ3v) is 17.1. The third kappa shape index (κ3) is 9.47. The average Bonchev–Trinajstić information content (AvgIpc) is 1.64. The highest BCUT2D eigenvalue weighted by molar-refractivity contribution is 6.09. The van der Waals surface area contributed by atoms with Gasteiger partial charge in [-0.15, -0.1) is 12.3 Å². The molecule has 0 fully saturated rings. The van der Waals surface area contributed by atoms with Gasteiger partial charge in [-0.1, -0.05) is 279 Å². The Morgan fingerprint density at radius 1 is 0.494 bits per heavy atom. The van der Waals surface area contributed by atoms with E-state index in [0.29, 0.717) is 0 Å². The molecule has 85 heavy (non-hydrogen) atoms. The summed E-state index contributed by atoms with van der Waals surface area (Å²) < 4.78 is 2.37. The maximum absolute atomic E-state index is 4.60. The summed E-state index contributed by atoms with van der Waals surface area (Å²) in [5.74, 6) is 2.25. The molecule has 406 valence electrons. The van der Waals surface area contributed by atoms with Crippen molar-refractivity contribution in [2.75, 3.05) is 0 Å². The van der Waals surface area contributed by atoms with Crippen molar-refractivity contribution in [2.45, 2.75) is 31.1 Å². The molecule has 2 aliphatic rings. The summed E-state index contributed by atoms with van der Waals surface area (Å²) in [6, 6.07) is 103. The largest absolute Gasteiger partial charge is 0.362 e. The minimum atomic E-state index is -0.609. The molecule has 2 heteroatoms. The van der Waals surface area contributed by atoms with Crippen LogP contribution in [0.2, 0.25) is 0 Å². The summed E-state index contributed by atoms with van der Waals surface area (Å²) in [4.78, 5) is 0. The number of nitrogens with one attached hydrogen (secondary N) is 1. The average molecular weight is 1090 g/mol. The number of hydrogen-bond donors (Lipinski definition) is 1. The predicted molar refractivity (Wildman–Crippen MR) is 359 cm³/mol. The number of rotatable bonds is 13. The number of hydrogen-bond acceptors (Lipinski definition) is 1. The summed E-state index contributed by atoms with van der Waals surface area (Å²) in [7, 11) is 0. The lowest BCUT2D eigenvalue weighted by Gasteiger charge is -2.50. The fraction of sp³-hybridized carbons (Fsp3) is 0.0602. The molecule has 1 heterocycles. The van der Waals surface area contributed by atoms with E-state index in [1.54, 1.807) is 6.92 Å². The highest BCUT2D eigenvalue weighted by Gasteiger charge is 2.57. The van der Waals surface area contributed by atoms with Gasteiger partial charge >= 0.3 is 0 Å². The van der Waals surface area contributed by atoms with Crippen molar-refractivity contribution in [3.05, 3.63) is 389 Å². The van der Waals surface area contributed by atoms with E-state index in [1.165, 1.54) is 105 Å². The molecule has 12 aromatic rings. The molecule has 11 aromatic carbocycles. The Morgan fingerprint density at radius 3 is 1.67 bits per heavy atom. The minimum absolute atomic E-state index is 0.571. The number of terminal acetylenes is 1. The zero-order valence-corrected chi connectivity index (χ0v) is 47.9. The van der Waals surface area contributed by atoms with Gasteiger partial charge in [-0.2, -0.15) is 0 Å². The second-order valence-electron chi connectivity index (χ2n) is 21.7. The van der Waals surface area contributed by atoms with Gasteiger partial charge in [-0.05, 0) is 152 Å². The molecule has 0 radical (unpaired) electrons. The van der Waals surface area contributed by atoms with Gasteiger partial charge in [-0.25, -0.2) is 0 Å². The van der Waals surface area contributed by atoms with E-state index in [2.05, 4.69) is 357 Å². The number of allylic oxidation sites excluding steroid dienone is 7. The lowest BCUT2D eigenvalue weighted by molar-refractivity contribution is 0.623. The summed E-state index contributed by atoms with van der Waals surface area (Å²) in [5.41, 5.74) is 23.3. The molecule has 1 N–H and O–H groups in total. The van der Waals surface area contributed by atoms with Gasteiger partial charge in [0.1, 0.15) is 0 Å². The fourth-order valence-electron chi connectivity index (χ4n) is 13.6.